The minimum Gasteiger partial charge on any atom is -0.399 e. The number of nitrogens with two attached hydrogens (primary N) is 1. The van der Waals surface area contributed by atoms with E-state index in [2.05, 4.69) is 26.0 Å². The molecule has 0 aliphatic carbocycles. The molecular weight excluding hydrogens is 206 g/mol. The number of rotatable bonds is 5. The summed E-state index contributed by atoms with van der Waals surface area (Å²) in [6.45, 7) is 4.22. The lowest BCUT2D eigenvalue weighted by Gasteiger charge is -2.22. The molecule has 2 nitrogen and oxygen atoms in total. The van der Waals surface area contributed by atoms with Crippen LogP contribution in [-0.2, 0) is 4.74 Å². The topological polar surface area (TPSA) is 35.2 Å². The molecule has 0 amide bonds. The van der Waals surface area contributed by atoms with E-state index in [1.54, 1.807) is 7.11 Å². The van der Waals surface area contributed by atoms with Crippen LogP contribution < -0.4 is 5.73 Å². The van der Waals surface area contributed by atoms with Gasteiger partial charge in [0.15, 0.2) is 0 Å². The third-order valence-corrected chi connectivity index (χ3v) is 3.42. The molecule has 1 rings (SSSR count). The second-order valence-electron chi connectivity index (χ2n) is 4.13. The zero-order valence-electron chi connectivity index (χ0n) is 9.62. The predicted octanol–water partition coefficient (Wildman–Crippen LogP) is 3.18. The van der Waals surface area contributed by atoms with Gasteiger partial charge in [-0.05, 0) is 44.5 Å². The lowest BCUT2D eigenvalue weighted by atomic mass is 10.1. The maximum absolute atomic E-state index is 5.62. The summed E-state index contributed by atoms with van der Waals surface area (Å²) in [5.74, 6) is 1.06. The Bertz CT molecular complexity index is 295. The molecule has 0 saturated carbocycles. The van der Waals surface area contributed by atoms with Crippen LogP contribution in [0.2, 0.25) is 0 Å². The van der Waals surface area contributed by atoms with Gasteiger partial charge in [0.25, 0.3) is 0 Å². The van der Waals surface area contributed by atoms with Gasteiger partial charge in [0.1, 0.15) is 0 Å². The number of hydrogen-bond donors (Lipinski definition) is 1. The lowest BCUT2D eigenvalue weighted by Crippen LogP contribution is -2.22. The van der Waals surface area contributed by atoms with Gasteiger partial charge < -0.3 is 10.5 Å². The van der Waals surface area contributed by atoms with E-state index in [1.165, 1.54) is 4.90 Å². The Morgan fingerprint density at radius 1 is 1.27 bits per heavy atom. The van der Waals surface area contributed by atoms with E-state index in [0.717, 1.165) is 17.9 Å². The first-order chi connectivity index (χ1) is 7.03. The molecule has 0 saturated heterocycles. The standard InChI is InChI=1S/C12H19NOS/c1-12(2,14-3)8-9-15-11-6-4-10(13)5-7-11/h4-7H,8-9,13H2,1-3H3. The highest BCUT2D eigenvalue weighted by Gasteiger charge is 2.15. The molecule has 0 unspecified atom stereocenters. The van der Waals surface area contributed by atoms with E-state index in [0.29, 0.717) is 0 Å². The maximum Gasteiger partial charge on any atom is 0.0630 e. The van der Waals surface area contributed by atoms with Gasteiger partial charge in [-0.2, -0.15) is 0 Å². The van der Waals surface area contributed by atoms with Crippen LogP contribution in [0, 0.1) is 0 Å². The van der Waals surface area contributed by atoms with Gasteiger partial charge in [-0.25, -0.2) is 0 Å². The Morgan fingerprint density at radius 2 is 1.87 bits per heavy atom. The summed E-state index contributed by atoms with van der Waals surface area (Å²) < 4.78 is 5.36. The molecule has 0 spiro atoms. The number of methoxy groups -OCH3 is 1. The van der Waals surface area contributed by atoms with Gasteiger partial charge in [0.05, 0.1) is 5.60 Å². The summed E-state index contributed by atoms with van der Waals surface area (Å²) in [5.41, 5.74) is 6.41. The Morgan fingerprint density at radius 3 is 2.40 bits per heavy atom. The molecular formula is C12H19NOS. The van der Waals surface area contributed by atoms with Crippen molar-refractivity contribution >= 4 is 17.4 Å². The number of thioether (sulfide) groups is 1. The first-order valence-electron chi connectivity index (χ1n) is 5.07. The van der Waals surface area contributed by atoms with E-state index in [9.17, 15) is 0 Å². The zero-order chi connectivity index (χ0) is 11.3. The summed E-state index contributed by atoms with van der Waals surface area (Å²) in [6, 6.07) is 7.98. The number of nitrogen functional groups attached to an aromatic ring is 1. The highest BCUT2D eigenvalue weighted by molar-refractivity contribution is 7.99. The van der Waals surface area contributed by atoms with Crippen LogP contribution in [0.15, 0.2) is 29.2 Å². The van der Waals surface area contributed by atoms with Crippen LogP contribution in [0.5, 0.6) is 0 Å². The van der Waals surface area contributed by atoms with Crippen molar-refractivity contribution in [1.29, 1.82) is 0 Å². The normalized spacial score (nSPS) is 11.7. The smallest absolute Gasteiger partial charge is 0.0630 e. The summed E-state index contributed by atoms with van der Waals surface area (Å²) in [4.78, 5) is 1.26. The van der Waals surface area contributed by atoms with Crippen molar-refractivity contribution in [1.82, 2.24) is 0 Å². The third-order valence-electron chi connectivity index (χ3n) is 2.41. The lowest BCUT2D eigenvalue weighted by molar-refractivity contribution is 0.0207. The average Bonchev–Trinajstić information content (AvgIpc) is 2.21. The molecule has 1 aromatic rings. The van der Waals surface area contributed by atoms with Gasteiger partial charge in [-0.1, -0.05) is 0 Å². The summed E-state index contributed by atoms with van der Waals surface area (Å²) >= 11 is 1.84. The monoisotopic (exact) mass is 225 g/mol. The number of ether oxygens (including phenoxy) is 1. The molecule has 0 aliphatic rings. The van der Waals surface area contributed by atoms with E-state index >= 15 is 0 Å². The highest BCUT2D eigenvalue weighted by Crippen LogP contribution is 2.23. The SMILES string of the molecule is COC(C)(C)CCSc1ccc(N)cc1. The van der Waals surface area contributed by atoms with Crippen molar-refractivity contribution in [3.05, 3.63) is 24.3 Å². The van der Waals surface area contributed by atoms with Crippen LogP contribution in [-0.4, -0.2) is 18.5 Å². The fourth-order valence-corrected chi connectivity index (χ4v) is 2.24. The van der Waals surface area contributed by atoms with E-state index < -0.39 is 0 Å². The second kappa shape index (κ2) is 5.42. The minimum absolute atomic E-state index is 0.0270. The zero-order valence-corrected chi connectivity index (χ0v) is 10.4. The molecule has 0 bridgehead atoms. The first kappa shape index (κ1) is 12.4. The third kappa shape index (κ3) is 4.58. The van der Waals surface area contributed by atoms with Crippen LogP contribution in [0.3, 0.4) is 0 Å². The fourth-order valence-electron chi connectivity index (χ4n) is 1.08. The molecule has 84 valence electrons. The van der Waals surface area contributed by atoms with Crippen molar-refractivity contribution in [3.63, 3.8) is 0 Å². The molecule has 3 heteroatoms. The van der Waals surface area contributed by atoms with Crippen molar-refractivity contribution in [2.24, 2.45) is 0 Å². The van der Waals surface area contributed by atoms with E-state index in [4.69, 9.17) is 10.5 Å². The Balaban J connectivity index is 2.35. The van der Waals surface area contributed by atoms with Gasteiger partial charge in [-0.3, -0.25) is 0 Å². The molecule has 15 heavy (non-hydrogen) atoms. The molecule has 0 radical (unpaired) electrons. The van der Waals surface area contributed by atoms with Gasteiger partial charge >= 0.3 is 0 Å². The molecule has 0 aromatic heterocycles. The maximum atomic E-state index is 5.62. The van der Waals surface area contributed by atoms with Crippen molar-refractivity contribution in [2.45, 2.75) is 30.8 Å². The number of hydrogen-bond acceptors (Lipinski definition) is 3. The largest absolute Gasteiger partial charge is 0.399 e. The highest BCUT2D eigenvalue weighted by atomic mass is 32.2. The number of anilines is 1. The van der Waals surface area contributed by atoms with Crippen LogP contribution >= 0.6 is 11.8 Å². The summed E-state index contributed by atoms with van der Waals surface area (Å²) in [6.07, 6.45) is 1.04. The first-order valence-corrected chi connectivity index (χ1v) is 6.05. The molecule has 0 aliphatic heterocycles. The predicted molar refractivity (Wildman–Crippen MR) is 67.3 cm³/mol. The van der Waals surface area contributed by atoms with Gasteiger partial charge in [0, 0.05) is 23.4 Å². The Kier molecular flexibility index (Phi) is 4.48. The molecule has 0 fully saturated rings. The van der Waals surface area contributed by atoms with E-state index in [-0.39, 0.29) is 5.60 Å². The average molecular weight is 225 g/mol. The Labute approximate surface area is 96.2 Å². The summed E-state index contributed by atoms with van der Waals surface area (Å²) in [5, 5.41) is 0. The molecule has 1 aromatic carbocycles. The van der Waals surface area contributed by atoms with Crippen LogP contribution in [0.4, 0.5) is 5.69 Å². The molecule has 0 atom stereocenters. The Hall–Kier alpha value is -0.670. The van der Waals surface area contributed by atoms with Crippen molar-refractivity contribution in [3.8, 4) is 0 Å². The fraction of sp³-hybridized carbons (Fsp3) is 0.500. The van der Waals surface area contributed by atoms with Crippen molar-refractivity contribution in [2.75, 3.05) is 18.6 Å². The van der Waals surface area contributed by atoms with Gasteiger partial charge in [-0.15, -0.1) is 11.8 Å². The number of benzene rings is 1. The van der Waals surface area contributed by atoms with E-state index in [1.807, 2.05) is 23.9 Å². The second-order valence-corrected chi connectivity index (χ2v) is 5.30. The quantitative estimate of drug-likeness (QED) is 0.617. The molecule has 0 heterocycles. The van der Waals surface area contributed by atoms with Crippen LogP contribution in [0.1, 0.15) is 20.3 Å². The van der Waals surface area contributed by atoms with Crippen molar-refractivity contribution < 1.29 is 4.74 Å². The summed E-state index contributed by atoms with van der Waals surface area (Å²) in [7, 11) is 1.76. The van der Waals surface area contributed by atoms with Crippen LogP contribution in [0.25, 0.3) is 0 Å². The minimum atomic E-state index is -0.0270. The van der Waals surface area contributed by atoms with Gasteiger partial charge in [0.2, 0.25) is 0 Å². The molecule has 2 N–H and O–H groups in total.